The summed E-state index contributed by atoms with van der Waals surface area (Å²) in [4.78, 5) is 2.10. The van der Waals surface area contributed by atoms with E-state index < -0.39 is 12.2 Å². The topological polar surface area (TPSA) is 63.9 Å². The Kier molecular flexibility index (Phi) is 2.79. The Labute approximate surface area is 84.2 Å². The van der Waals surface area contributed by atoms with Crippen molar-refractivity contribution in [3.63, 3.8) is 0 Å². The van der Waals surface area contributed by atoms with E-state index in [4.69, 9.17) is 0 Å². The summed E-state index contributed by atoms with van der Waals surface area (Å²) in [6.45, 7) is 2.03. The Morgan fingerprint density at radius 3 is 2.57 bits per heavy atom. The molecule has 2 saturated heterocycles. The number of fused-ring (bicyclic) bond motifs is 1. The molecule has 2 aliphatic rings. The molecule has 0 aliphatic carbocycles. The second-order valence-electron chi connectivity index (χ2n) is 4.53. The molecule has 5 atom stereocenters. The molecule has 0 spiro atoms. The summed E-state index contributed by atoms with van der Waals surface area (Å²) in [7, 11) is 0. The maximum Gasteiger partial charge on any atom is 0.0991 e. The lowest BCUT2D eigenvalue weighted by Gasteiger charge is -2.39. The number of piperidine rings is 1. The fraction of sp³-hybridized carbons (Fsp3) is 1.00. The van der Waals surface area contributed by atoms with Gasteiger partial charge in [-0.05, 0) is 19.8 Å². The highest BCUT2D eigenvalue weighted by atomic mass is 16.3. The molecule has 3 N–H and O–H groups in total. The van der Waals surface area contributed by atoms with Crippen molar-refractivity contribution in [3.05, 3.63) is 0 Å². The average Bonchev–Trinajstić information content (AvgIpc) is 2.43. The summed E-state index contributed by atoms with van der Waals surface area (Å²) >= 11 is 0. The van der Waals surface area contributed by atoms with Crippen LogP contribution in [0, 0.1) is 0 Å². The first-order valence-electron chi connectivity index (χ1n) is 5.41. The van der Waals surface area contributed by atoms with Gasteiger partial charge in [0.2, 0.25) is 0 Å². The first kappa shape index (κ1) is 10.4. The summed E-state index contributed by atoms with van der Waals surface area (Å²) in [5.74, 6) is 0. The second-order valence-corrected chi connectivity index (χ2v) is 4.53. The van der Waals surface area contributed by atoms with Crippen molar-refractivity contribution >= 4 is 0 Å². The van der Waals surface area contributed by atoms with Crippen LogP contribution in [0.15, 0.2) is 0 Å². The highest BCUT2D eigenvalue weighted by Crippen LogP contribution is 2.35. The zero-order valence-electron chi connectivity index (χ0n) is 8.50. The molecule has 4 heteroatoms. The highest BCUT2D eigenvalue weighted by Gasteiger charge is 2.49. The Hall–Kier alpha value is -0.160. The molecular formula is C10H19NO3. The predicted octanol–water partition coefficient (Wildman–Crippen LogP) is -0.674. The molecule has 0 amide bonds. The van der Waals surface area contributed by atoms with Gasteiger partial charge < -0.3 is 15.3 Å². The van der Waals surface area contributed by atoms with Gasteiger partial charge in [-0.2, -0.15) is 0 Å². The number of hydrogen-bond acceptors (Lipinski definition) is 4. The molecule has 0 saturated carbocycles. The van der Waals surface area contributed by atoms with Crippen LogP contribution in [0.4, 0.5) is 0 Å². The van der Waals surface area contributed by atoms with Crippen LogP contribution in [0.25, 0.3) is 0 Å². The number of aliphatic hydroxyl groups is 3. The first-order valence-corrected chi connectivity index (χ1v) is 5.41. The Balaban J connectivity index is 2.20. The van der Waals surface area contributed by atoms with Crippen molar-refractivity contribution in [2.24, 2.45) is 0 Å². The molecule has 4 nitrogen and oxygen atoms in total. The van der Waals surface area contributed by atoms with Crippen LogP contribution in [-0.2, 0) is 0 Å². The number of hydrogen-bond donors (Lipinski definition) is 3. The van der Waals surface area contributed by atoms with Crippen LogP contribution in [-0.4, -0.2) is 57.2 Å². The van der Waals surface area contributed by atoms with Crippen molar-refractivity contribution in [1.29, 1.82) is 0 Å². The van der Waals surface area contributed by atoms with Crippen molar-refractivity contribution in [3.8, 4) is 0 Å². The van der Waals surface area contributed by atoms with E-state index in [1.54, 1.807) is 0 Å². The van der Waals surface area contributed by atoms with Crippen LogP contribution in [0.2, 0.25) is 0 Å². The molecule has 82 valence electrons. The molecule has 2 fully saturated rings. The van der Waals surface area contributed by atoms with E-state index in [0.717, 1.165) is 19.3 Å². The lowest BCUT2D eigenvalue weighted by molar-refractivity contribution is 0.0174. The maximum atomic E-state index is 9.81. The average molecular weight is 201 g/mol. The van der Waals surface area contributed by atoms with E-state index in [0.29, 0.717) is 6.04 Å². The summed E-state index contributed by atoms with van der Waals surface area (Å²) in [5.41, 5.74) is 0. The number of aliphatic hydroxyl groups excluding tert-OH is 3. The van der Waals surface area contributed by atoms with Crippen molar-refractivity contribution in [1.82, 2.24) is 4.90 Å². The van der Waals surface area contributed by atoms with Gasteiger partial charge in [0.15, 0.2) is 0 Å². The molecule has 0 unspecified atom stereocenters. The van der Waals surface area contributed by atoms with E-state index >= 15 is 0 Å². The van der Waals surface area contributed by atoms with Crippen LogP contribution in [0.3, 0.4) is 0 Å². The van der Waals surface area contributed by atoms with E-state index in [2.05, 4.69) is 11.8 Å². The third kappa shape index (κ3) is 1.37. The number of rotatable bonds is 1. The van der Waals surface area contributed by atoms with Crippen LogP contribution < -0.4 is 0 Å². The third-order valence-electron chi connectivity index (χ3n) is 3.72. The van der Waals surface area contributed by atoms with Crippen molar-refractivity contribution < 1.29 is 15.3 Å². The Morgan fingerprint density at radius 2 is 1.93 bits per heavy atom. The molecule has 0 aromatic heterocycles. The normalized spacial score (nSPS) is 49.3. The molecule has 2 aliphatic heterocycles. The highest BCUT2D eigenvalue weighted by molar-refractivity contribution is 5.03. The molecule has 14 heavy (non-hydrogen) atoms. The molecular weight excluding hydrogens is 182 g/mol. The Morgan fingerprint density at radius 1 is 1.21 bits per heavy atom. The molecule has 2 heterocycles. The minimum Gasteiger partial charge on any atom is -0.395 e. The van der Waals surface area contributed by atoms with E-state index in [-0.39, 0.29) is 18.7 Å². The summed E-state index contributed by atoms with van der Waals surface area (Å²) in [5, 5.41) is 28.8. The molecule has 0 bridgehead atoms. The van der Waals surface area contributed by atoms with Crippen molar-refractivity contribution in [2.75, 3.05) is 6.61 Å². The molecule has 2 rings (SSSR count). The van der Waals surface area contributed by atoms with Gasteiger partial charge in [-0.1, -0.05) is 6.42 Å². The predicted molar refractivity (Wildman–Crippen MR) is 51.8 cm³/mol. The molecule has 0 aromatic rings. The second kappa shape index (κ2) is 3.77. The largest absolute Gasteiger partial charge is 0.395 e. The minimum absolute atomic E-state index is 0.0471. The van der Waals surface area contributed by atoms with Gasteiger partial charge in [0.25, 0.3) is 0 Å². The van der Waals surface area contributed by atoms with Gasteiger partial charge in [0, 0.05) is 12.1 Å². The van der Waals surface area contributed by atoms with Gasteiger partial charge in [0.1, 0.15) is 0 Å². The van der Waals surface area contributed by atoms with Crippen LogP contribution >= 0.6 is 0 Å². The fourth-order valence-corrected chi connectivity index (χ4v) is 3.00. The van der Waals surface area contributed by atoms with Crippen molar-refractivity contribution in [2.45, 2.75) is 56.5 Å². The van der Waals surface area contributed by atoms with E-state index in [1.165, 1.54) is 0 Å². The zero-order valence-corrected chi connectivity index (χ0v) is 8.50. The quantitative estimate of drug-likeness (QED) is 0.526. The first-order chi connectivity index (χ1) is 6.66. The Bertz CT molecular complexity index is 202. The lowest BCUT2D eigenvalue weighted by atomic mass is 9.96. The smallest absolute Gasteiger partial charge is 0.0991 e. The monoisotopic (exact) mass is 201 g/mol. The van der Waals surface area contributed by atoms with Crippen LogP contribution in [0.5, 0.6) is 0 Å². The van der Waals surface area contributed by atoms with Gasteiger partial charge in [0.05, 0.1) is 24.9 Å². The van der Waals surface area contributed by atoms with E-state index in [1.807, 2.05) is 0 Å². The van der Waals surface area contributed by atoms with E-state index in [9.17, 15) is 15.3 Å². The summed E-state index contributed by atoms with van der Waals surface area (Å²) in [6.07, 6.45) is 1.65. The maximum absolute atomic E-state index is 9.81. The molecule has 0 aromatic carbocycles. The molecule has 0 radical (unpaired) electrons. The van der Waals surface area contributed by atoms with Gasteiger partial charge in [-0.3, -0.25) is 4.90 Å². The number of nitrogens with zero attached hydrogens (tertiary/aromatic N) is 1. The van der Waals surface area contributed by atoms with Gasteiger partial charge in [-0.25, -0.2) is 0 Å². The fourth-order valence-electron chi connectivity index (χ4n) is 3.00. The third-order valence-corrected chi connectivity index (χ3v) is 3.72. The zero-order chi connectivity index (χ0) is 10.3. The van der Waals surface area contributed by atoms with Gasteiger partial charge >= 0.3 is 0 Å². The summed E-state index contributed by atoms with van der Waals surface area (Å²) < 4.78 is 0. The summed E-state index contributed by atoms with van der Waals surface area (Å²) in [6, 6.07) is 0.133. The standard InChI is InChI=1S/C10H19NO3/c1-6-3-2-4-7-9(13)10(14)8(5-12)11(6)7/h6-10,12-14H,2-5H2,1H3/t6-,7-,8-,9-,10+/m0/s1. The minimum atomic E-state index is -0.787. The lowest BCUT2D eigenvalue weighted by Crippen LogP contribution is -2.49. The van der Waals surface area contributed by atoms with Crippen LogP contribution in [0.1, 0.15) is 26.2 Å². The van der Waals surface area contributed by atoms with Gasteiger partial charge in [-0.15, -0.1) is 0 Å². The SMILES string of the molecule is C[C@H]1CCC[C@H]2[C@H](O)[C@H](O)[C@H](CO)N12.